The number of benzene rings is 1. The van der Waals surface area contributed by atoms with Crippen molar-refractivity contribution in [3.8, 4) is 0 Å². The molecule has 5 heteroatoms. The van der Waals surface area contributed by atoms with Crippen LogP contribution >= 0.6 is 0 Å². The normalized spacial score (nSPS) is 20.9. The summed E-state index contributed by atoms with van der Waals surface area (Å²) in [4.78, 5) is 0. The first-order chi connectivity index (χ1) is 8.25. The molecule has 0 bridgehead atoms. The highest BCUT2D eigenvalue weighted by molar-refractivity contribution is 5.82. The maximum Gasteiger partial charge on any atom is 0.150 e. The summed E-state index contributed by atoms with van der Waals surface area (Å²) in [7, 11) is 0. The van der Waals surface area contributed by atoms with Gasteiger partial charge in [0.25, 0.3) is 0 Å². The van der Waals surface area contributed by atoms with Crippen LogP contribution in [-0.4, -0.2) is 16.4 Å². The standard InChI is InChI=1S/C12H14FN3O/c13-10-5-8(14)6-11-9(10)7-15-16(11)12-3-1-2-4-17-12/h5-7,12H,1-4,14H2. The quantitative estimate of drug-likeness (QED) is 0.772. The molecule has 17 heavy (non-hydrogen) atoms. The van der Waals surface area contributed by atoms with Crippen molar-refractivity contribution in [2.75, 3.05) is 12.3 Å². The molecule has 0 saturated carbocycles. The smallest absolute Gasteiger partial charge is 0.150 e. The van der Waals surface area contributed by atoms with Gasteiger partial charge in [0.05, 0.1) is 17.1 Å². The van der Waals surface area contributed by atoms with Crippen LogP contribution in [0.4, 0.5) is 10.1 Å². The largest absolute Gasteiger partial charge is 0.399 e. The van der Waals surface area contributed by atoms with Gasteiger partial charge >= 0.3 is 0 Å². The highest BCUT2D eigenvalue weighted by atomic mass is 19.1. The third-order valence-electron chi connectivity index (χ3n) is 3.12. The van der Waals surface area contributed by atoms with Crippen molar-refractivity contribution in [1.82, 2.24) is 9.78 Å². The summed E-state index contributed by atoms with van der Waals surface area (Å²) in [6.45, 7) is 0.733. The minimum Gasteiger partial charge on any atom is -0.399 e. The molecule has 1 unspecified atom stereocenters. The second-order valence-corrected chi connectivity index (χ2v) is 4.35. The van der Waals surface area contributed by atoms with E-state index < -0.39 is 0 Å². The Kier molecular flexibility index (Phi) is 2.48. The zero-order valence-electron chi connectivity index (χ0n) is 9.40. The topological polar surface area (TPSA) is 53.1 Å². The van der Waals surface area contributed by atoms with E-state index in [1.165, 1.54) is 12.3 Å². The third kappa shape index (κ3) is 1.76. The number of hydrogen-bond donors (Lipinski definition) is 1. The number of aromatic nitrogens is 2. The van der Waals surface area contributed by atoms with Crippen LogP contribution in [0.15, 0.2) is 18.3 Å². The molecule has 1 aliphatic rings. The molecular weight excluding hydrogens is 221 g/mol. The lowest BCUT2D eigenvalue weighted by atomic mass is 10.2. The number of nitrogen functional groups attached to an aromatic ring is 1. The van der Waals surface area contributed by atoms with E-state index in [2.05, 4.69) is 5.10 Å². The fourth-order valence-corrected chi connectivity index (χ4v) is 2.27. The van der Waals surface area contributed by atoms with Crippen LogP contribution in [0.2, 0.25) is 0 Å². The van der Waals surface area contributed by atoms with Crippen molar-refractivity contribution < 1.29 is 9.13 Å². The van der Waals surface area contributed by atoms with Gasteiger partial charge in [0.1, 0.15) is 5.82 Å². The molecule has 90 valence electrons. The lowest BCUT2D eigenvalue weighted by Gasteiger charge is -2.23. The maximum atomic E-state index is 13.7. The van der Waals surface area contributed by atoms with Gasteiger partial charge < -0.3 is 10.5 Å². The number of anilines is 1. The van der Waals surface area contributed by atoms with Gasteiger partial charge in [-0.1, -0.05) is 0 Å². The Morgan fingerprint density at radius 2 is 2.29 bits per heavy atom. The van der Waals surface area contributed by atoms with Crippen LogP contribution in [0.5, 0.6) is 0 Å². The molecule has 1 aromatic heterocycles. The zero-order valence-corrected chi connectivity index (χ0v) is 9.40. The second-order valence-electron chi connectivity index (χ2n) is 4.35. The van der Waals surface area contributed by atoms with E-state index in [1.807, 2.05) is 0 Å². The molecule has 2 aromatic rings. The van der Waals surface area contributed by atoms with Gasteiger partial charge in [-0.3, -0.25) is 0 Å². The van der Waals surface area contributed by atoms with E-state index in [4.69, 9.17) is 10.5 Å². The average Bonchev–Trinajstić information content (AvgIpc) is 2.74. The van der Waals surface area contributed by atoms with E-state index in [0.29, 0.717) is 16.6 Å². The van der Waals surface area contributed by atoms with Gasteiger partial charge in [0.15, 0.2) is 6.23 Å². The maximum absolute atomic E-state index is 13.7. The predicted octanol–water partition coefficient (Wildman–Crippen LogP) is 2.46. The molecule has 1 saturated heterocycles. The molecule has 2 N–H and O–H groups in total. The number of nitrogens with zero attached hydrogens (tertiary/aromatic N) is 2. The van der Waals surface area contributed by atoms with Crippen molar-refractivity contribution in [3.63, 3.8) is 0 Å². The van der Waals surface area contributed by atoms with Crippen LogP contribution in [0.3, 0.4) is 0 Å². The fraction of sp³-hybridized carbons (Fsp3) is 0.417. The minimum atomic E-state index is -0.331. The van der Waals surface area contributed by atoms with E-state index in [-0.39, 0.29) is 12.0 Å². The van der Waals surface area contributed by atoms with Crippen LogP contribution < -0.4 is 5.73 Å². The monoisotopic (exact) mass is 235 g/mol. The Morgan fingerprint density at radius 3 is 3.06 bits per heavy atom. The number of halogens is 1. The Hall–Kier alpha value is -1.62. The van der Waals surface area contributed by atoms with Crippen molar-refractivity contribution in [2.45, 2.75) is 25.5 Å². The van der Waals surface area contributed by atoms with Gasteiger partial charge in [-0.25, -0.2) is 9.07 Å². The lowest BCUT2D eigenvalue weighted by Crippen LogP contribution is -2.19. The van der Waals surface area contributed by atoms with Gasteiger partial charge in [-0.05, 0) is 31.4 Å². The average molecular weight is 235 g/mol. The number of fused-ring (bicyclic) bond motifs is 1. The molecule has 0 spiro atoms. The predicted molar refractivity (Wildman–Crippen MR) is 62.9 cm³/mol. The van der Waals surface area contributed by atoms with E-state index in [1.54, 1.807) is 10.7 Å². The van der Waals surface area contributed by atoms with Crippen LogP contribution in [-0.2, 0) is 4.74 Å². The van der Waals surface area contributed by atoms with Crippen molar-refractivity contribution in [3.05, 3.63) is 24.1 Å². The molecular formula is C12H14FN3O. The number of nitrogens with two attached hydrogens (primary N) is 1. The molecule has 2 heterocycles. The summed E-state index contributed by atoms with van der Waals surface area (Å²) >= 11 is 0. The first-order valence-electron chi connectivity index (χ1n) is 5.79. The molecule has 1 aliphatic heterocycles. The molecule has 1 fully saturated rings. The highest BCUT2D eigenvalue weighted by Crippen LogP contribution is 2.28. The SMILES string of the molecule is Nc1cc(F)c2cnn(C3CCCCO3)c2c1. The second kappa shape index (κ2) is 4.00. The van der Waals surface area contributed by atoms with Gasteiger partial charge in [-0.15, -0.1) is 0 Å². The third-order valence-corrected chi connectivity index (χ3v) is 3.12. The van der Waals surface area contributed by atoms with E-state index in [0.717, 1.165) is 25.9 Å². The molecule has 4 nitrogen and oxygen atoms in total. The first kappa shape index (κ1) is 10.5. The Morgan fingerprint density at radius 1 is 1.41 bits per heavy atom. The molecule has 1 aromatic carbocycles. The summed E-state index contributed by atoms with van der Waals surface area (Å²) < 4.78 is 21.0. The molecule has 0 amide bonds. The van der Waals surface area contributed by atoms with Crippen LogP contribution in [0.1, 0.15) is 25.5 Å². The summed E-state index contributed by atoms with van der Waals surface area (Å²) in [5.41, 5.74) is 6.77. The molecule has 0 aliphatic carbocycles. The van der Waals surface area contributed by atoms with E-state index >= 15 is 0 Å². The van der Waals surface area contributed by atoms with Crippen LogP contribution in [0.25, 0.3) is 10.9 Å². The Labute approximate surface area is 98.2 Å². The van der Waals surface area contributed by atoms with Crippen molar-refractivity contribution >= 4 is 16.6 Å². The first-order valence-corrected chi connectivity index (χ1v) is 5.79. The van der Waals surface area contributed by atoms with Crippen LogP contribution in [0, 0.1) is 5.82 Å². The summed E-state index contributed by atoms with van der Waals surface area (Å²) in [5, 5.41) is 4.71. The summed E-state index contributed by atoms with van der Waals surface area (Å²) in [6.07, 6.45) is 4.53. The summed E-state index contributed by atoms with van der Waals surface area (Å²) in [5.74, 6) is -0.331. The highest BCUT2D eigenvalue weighted by Gasteiger charge is 2.19. The number of hydrogen-bond acceptors (Lipinski definition) is 3. The minimum absolute atomic E-state index is 0.0950. The number of rotatable bonds is 1. The van der Waals surface area contributed by atoms with Gasteiger partial charge in [0.2, 0.25) is 0 Å². The van der Waals surface area contributed by atoms with E-state index in [9.17, 15) is 4.39 Å². The zero-order chi connectivity index (χ0) is 11.8. The Balaban J connectivity index is 2.10. The number of ether oxygens (including phenoxy) is 1. The van der Waals surface area contributed by atoms with Gasteiger partial charge in [-0.2, -0.15) is 5.10 Å². The fourth-order valence-electron chi connectivity index (χ4n) is 2.27. The summed E-state index contributed by atoms with van der Waals surface area (Å²) in [6, 6.07) is 3.06. The Bertz CT molecular complexity index is 546. The van der Waals surface area contributed by atoms with Crippen molar-refractivity contribution in [2.24, 2.45) is 0 Å². The molecule has 3 rings (SSSR count). The lowest BCUT2D eigenvalue weighted by molar-refractivity contribution is -0.0366. The molecule has 1 atom stereocenters. The molecule has 0 radical (unpaired) electrons. The van der Waals surface area contributed by atoms with Crippen molar-refractivity contribution in [1.29, 1.82) is 0 Å². The van der Waals surface area contributed by atoms with Gasteiger partial charge in [0, 0.05) is 12.3 Å².